The maximum absolute atomic E-state index is 12.6. The monoisotopic (exact) mass is 451 g/mol. The van der Waals surface area contributed by atoms with Gasteiger partial charge < -0.3 is 9.47 Å². The molecule has 170 valence electrons. The molecule has 11 nitrogen and oxygen atoms in total. The molecule has 0 bridgehead atoms. The third kappa shape index (κ3) is 5.39. The second-order valence-corrected chi connectivity index (χ2v) is 6.85. The van der Waals surface area contributed by atoms with Crippen LogP contribution in [0.15, 0.2) is 53.6 Å². The number of amides is 1. The molecule has 0 radical (unpaired) electrons. The van der Waals surface area contributed by atoms with Gasteiger partial charge in [-0.15, -0.1) is 0 Å². The summed E-state index contributed by atoms with van der Waals surface area (Å²) in [5.74, 6) is -0.524. The van der Waals surface area contributed by atoms with Crippen LogP contribution in [0.1, 0.15) is 27.3 Å². The number of para-hydroxylation sites is 2. The molecule has 33 heavy (non-hydrogen) atoms. The molecule has 1 amide bonds. The average molecular weight is 451 g/mol. The molecule has 3 aromatic rings. The Morgan fingerprint density at radius 2 is 1.82 bits per heavy atom. The Morgan fingerprint density at radius 3 is 2.48 bits per heavy atom. The number of esters is 1. The number of carbonyl (C=O) groups excluding carboxylic acids is 2. The third-order valence-electron chi connectivity index (χ3n) is 4.66. The van der Waals surface area contributed by atoms with E-state index >= 15 is 0 Å². The van der Waals surface area contributed by atoms with Crippen LogP contribution in [0.4, 0.5) is 5.69 Å². The molecule has 3 rings (SSSR count). The molecule has 0 saturated heterocycles. The summed E-state index contributed by atoms with van der Waals surface area (Å²) in [6.45, 7) is 2.77. The fraction of sp³-hybridized carbons (Fsp3) is 0.182. The predicted molar refractivity (Wildman–Crippen MR) is 118 cm³/mol. The van der Waals surface area contributed by atoms with E-state index in [4.69, 9.17) is 9.47 Å². The van der Waals surface area contributed by atoms with Crippen molar-refractivity contribution in [2.24, 2.45) is 5.10 Å². The van der Waals surface area contributed by atoms with Crippen molar-refractivity contribution in [3.63, 3.8) is 0 Å². The number of nitro groups is 1. The summed E-state index contributed by atoms with van der Waals surface area (Å²) in [5.41, 5.74) is 3.41. The largest absolute Gasteiger partial charge is 0.496 e. The number of hydrogen-bond acceptors (Lipinski definition) is 8. The maximum atomic E-state index is 12.6. The Hall–Kier alpha value is -4.54. The normalized spacial score (nSPS) is 10.8. The van der Waals surface area contributed by atoms with Crippen molar-refractivity contribution in [3.05, 3.63) is 81.2 Å². The zero-order valence-electron chi connectivity index (χ0n) is 18.1. The van der Waals surface area contributed by atoms with Gasteiger partial charge in [-0.1, -0.05) is 24.3 Å². The number of methoxy groups -OCH3 is 1. The molecule has 0 spiro atoms. The second-order valence-electron chi connectivity index (χ2n) is 6.85. The van der Waals surface area contributed by atoms with Crippen LogP contribution in [0.2, 0.25) is 0 Å². The summed E-state index contributed by atoms with van der Waals surface area (Å²) in [4.78, 5) is 35.3. The molecule has 2 aromatic carbocycles. The predicted octanol–water partition coefficient (Wildman–Crippen LogP) is 2.79. The minimum Gasteiger partial charge on any atom is -0.496 e. The molecular formula is C22H21N5O6. The van der Waals surface area contributed by atoms with Gasteiger partial charge in [-0.2, -0.15) is 10.2 Å². The van der Waals surface area contributed by atoms with E-state index in [1.807, 2.05) is 0 Å². The Kier molecular flexibility index (Phi) is 7.13. The highest BCUT2D eigenvalue weighted by Gasteiger charge is 2.22. The quantitative estimate of drug-likeness (QED) is 0.183. The first-order valence-corrected chi connectivity index (χ1v) is 9.76. The number of hydrazone groups is 1. The highest BCUT2D eigenvalue weighted by Crippen LogP contribution is 2.23. The van der Waals surface area contributed by atoms with Crippen LogP contribution < -0.4 is 14.9 Å². The van der Waals surface area contributed by atoms with Crippen molar-refractivity contribution >= 4 is 23.8 Å². The second kappa shape index (κ2) is 10.2. The number of benzene rings is 2. The van der Waals surface area contributed by atoms with Gasteiger partial charge in [0.05, 0.1) is 18.2 Å². The molecule has 11 heteroatoms. The first kappa shape index (κ1) is 23.1. The van der Waals surface area contributed by atoms with Crippen molar-refractivity contribution in [2.45, 2.75) is 20.4 Å². The van der Waals surface area contributed by atoms with Crippen molar-refractivity contribution in [1.82, 2.24) is 15.2 Å². The van der Waals surface area contributed by atoms with Crippen molar-refractivity contribution in [2.75, 3.05) is 7.11 Å². The summed E-state index contributed by atoms with van der Waals surface area (Å²) >= 11 is 0. The topological polar surface area (TPSA) is 138 Å². The van der Waals surface area contributed by atoms with Crippen molar-refractivity contribution in [3.8, 4) is 11.5 Å². The lowest BCUT2D eigenvalue weighted by molar-refractivity contribution is -0.386. The smallest absolute Gasteiger partial charge is 0.347 e. The minimum absolute atomic E-state index is 0.128. The van der Waals surface area contributed by atoms with Crippen LogP contribution in [0.3, 0.4) is 0 Å². The van der Waals surface area contributed by atoms with Crippen LogP contribution in [-0.4, -0.2) is 39.9 Å². The molecule has 0 atom stereocenters. The fourth-order valence-electron chi connectivity index (χ4n) is 3.10. The van der Waals surface area contributed by atoms with Gasteiger partial charge in [0, 0.05) is 5.56 Å². The molecule has 0 aliphatic carbocycles. The SMILES string of the molecule is COc1ccccc1C(=O)Oc1ccccc1/C=N/NC(=O)Cn1nc(C)c([N+](=O)[O-])c1C. The van der Waals surface area contributed by atoms with Gasteiger partial charge in [0.25, 0.3) is 5.91 Å². The molecule has 0 unspecified atom stereocenters. The first-order chi connectivity index (χ1) is 15.8. The van der Waals surface area contributed by atoms with Gasteiger partial charge in [0.1, 0.15) is 35.0 Å². The number of nitrogens with zero attached hydrogens (tertiary/aromatic N) is 4. The van der Waals surface area contributed by atoms with E-state index in [1.54, 1.807) is 48.5 Å². The number of hydrogen-bond donors (Lipinski definition) is 1. The third-order valence-corrected chi connectivity index (χ3v) is 4.66. The number of nitrogens with one attached hydrogen (secondary N) is 1. The Morgan fingerprint density at radius 1 is 1.15 bits per heavy atom. The lowest BCUT2D eigenvalue weighted by atomic mass is 10.2. The lowest BCUT2D eigenvalue weighted by Gasteiger charge is -2.10. The van der Waals surface area contributed by atoms with Gasteiger partial charge in [-0.05, 0) is 38.1 Å². The van der Waals surface area contributed by atoms with Gasteiger partial charge >= 0.3 is 11.7 Å². The van der Waals surface area contributed by atoms with E-state index in [0.717, 1.165) is 0 Å². The highest BCUT2D eigenvalue weighted by atomic mass is 16.6. The molecular weight excluding hydrogens is 430 g/mol. The summed E-state index contributed by atoms with van der Waals surface area (Å²) in [6.07, 6.45) is 1.33. The van der Waals surface area contributed by atoms with Gasteiger partial charge in [0.15, 0.2) is 0 Å². The summed E-state index contributed by atoms with van der Waals surface area (Å²) in [6, 6.07) is 13.3. The van der Waals surface area contributed by atoms with Gasteiger partial charge in [-0.3, -0.25) is 19.6 Å². The van der Waals surface area contributed by atoms with E-state index in [1.165, 1.54) is 31.9 Å². The molecule has 1 N–H and O–H groups in total. The van der Waals surface area contributed by atoms with E-state index in [0.29, 0.717) is 11.3 Å². The first-order valence-electron chi connectivity index (χ1n) is 9.76. The van der Waals surface area contributed by atoms with Crippen LogP contribution in [0, 0.1) is 24.0 Å². The number of carbonyl (C=O) groups is 2. The van der Waals surface area contributed by atoms with E-state index in [2.05, 4.69) is 15.6 Å². The molecule has 1 heterocycles. The zero-order valence-corrected chi connectivity index (χ0v) is 18.1. The van der Waals surface area contributed by atoms with Crippen LogP contribution in [-0.2, 0) is 11.3 Å². The highest BCUT2D eigenvalue weighted by molar-refractivity contribution is 5.95. The van der Waals surface area contributed by atoms with Crippen LogP contribution >= 0.6 is 0 Å². The fourth-order valence-corrected chi connectivity index (χ4v) is 3.10. The van der Waals surface area contributed by atoms with E-state index in [-0.39, 0.29) is 34.9 Å². The number of aromatic nitrogens is 2. The maximum Gasteiger partial charge on any atom is 0.347 e. The number of rotatable bonds is 8. The number of aryl methyl sites for hydroxylation is 1. The summed E-state index contributed by atoms with van der Waals surface area (Å²) < 4.78 is 11.9. The van der Waals surface area contributed by atoms with Crippen LogP contribution in [0.25, 0.3) is 0 Å². The molecule has 0 aliphatic rings. The molecule has 1 aromatic heterocycles. The standard InChI is InChI=1S/C22H21N5O6/c1-14-21(27(30)31)15(2)26(25-14)13-20(28)24-23-12-16-8-4-6-10-18(16)33-22(29)17-9-5-7-11-19(17)32-3/h4-12H,13H2,1-3H3,(H,24,28)/b23-12+. The Balaban J connectivity index is 1.68. The molecule has 0 aliphatic heterocycles. The van der Waals surface area contributed by atoms with E-state index in [9.17, 15) is 19.7 Å². The Labute approximate surface area is 188 Å². The summed E-state index contributed by atoms with van der Waals surface area (Å²) in [5, 5.41) is 19.0. The van der Waals surface area contributed by atoms with Gasteiger partial charge in [-0.25, -0.2) is 10.2 Å². The Bertz CT molecular complexity index is 1230. The van der Waals surface area contributed by atoms with Crippen LogP contribution in [0.5, 0.6) is 11.5 Å². The molecule has 0 fully saturated rings. The van der Waals surface area contributed by atoms with Crippen molar-refractivity contribution < 1.29 is 24.0 Å². The minimum atomic E-state index is -0.608. The van der Waals surface area contributed by atoms with E-state index < -0.39 is 16.8 Å². The number of ether oxygens (including phenoxy) is 2. The summed E-state index contributed by atoms with van der Waals surface area (Å²) in [7, 11) is 1.46. The zero-order chi connectivity index (χ0) is 24.0. The van der Waals surface area contributed by atoms with Gasteiger partial charge in [0.2, 0.25) is 0 Å². The average Bonchev–Trinajstić information content (AvgIpc) is 3.07. The lowest BCUT2D eigenvalue weighted by Crippen LogP contribution is -2.24. The molecule has 0 saturated carbocycles. The van der Waals surface area contributed by atoms with Crippen molar-refractivity contribution in [1.29, 1.82) is 0 Å².